The summed E-state index contributed by atoms with van der Waals surface area (Å²) >= 11 is 0. The summed E-state index contributed by atoms with van der Waals surface area (Å²) < 4.78 is 30.6. The highest BCUT2D eigenvalue weighted by atomic mass is 19.1. The molecule has 9 heteroatoms. The number of carbonyl (C=O) groups is 2. The molecular weight excluding hydrogens is 491 g/mol. The van der Waals surface area contributed by atoms with Crippen molar-refractivity contribution in [1.29, 1.82) is 0 Å². The fourth-order valence-corrected chi connectivity index (χ4v) is 4.80. The maximum absolute atomic E-state index is 13.5. The van der Waals surface area contributed by atoms with Crippen LogP contribution in [0.15, 0.2) is 48.0 Å². The van der Waals surface area contributed by atoms with Gasteiger partial charge in [0.15, 0.2) is 11.5 Å². The Labute approximate surface area is 222 Å². The molecule has 2 saturated heterocycles. The molecule has 2 aromatic rings. The molecule has 1 amide bonds. The van der Waals surface area contributed by atoms with Gasteiger partial charge in [0.2, 0.25) is 0 Å². The number of aliphatic hydroxyl groups excluding tert-OH is 1. The number of morpholine rings is 1. The van der Waals surface area contributed by atoms with E-state index in [4.69, 9.17) is 14.2 Å². The van der Waals surface area contributed by atoms with Gasteiger partial charge < -0.3 is 24.2 Å². The summed E-state index contributed by atoms with van der Waals surface area (Å²) in [7, 11) is 0. The fraction of sp³-hybridized carbons (Fsp3) is 0.448. The number of ether oxygens (including phenoxy) is 3. The van der Waals surface area contributed by atoms with Gasteiger partial charge in [-0.3, -0.25) is 14.5 Å². The molecule has 1 N–H and O–H groups in total. The van der Waals surface area contributed by atoms with E-state index in [1.807, 2.05) is 13.8 Å². The molecule has 0 bridgehead atoms. The van der Waals surface area contributed by atoms with E-state index in [0.717, 1.165) is 26.1 Å². The first-order chi connectivity index (χ1) is 18.4. The second kappa shape index (κ2) is 12.9. The number of ketones is 1. The third-order valence-corrected chi connectivity index (χ3v) is 6.68. The molecule has 204 valence electrons. The second-order valence-electron chi connectivity index (χ2n) is 9.29. The molecule has 2 aromatic carbocycles. The molecule has 1 atom stereocenters. The highest BCUT2D eigenvalue weighted by Crippen LogP contribution is 2.42. The maximum atomic E-state index is 13.5. The van der Waals surface area contributed by atoms with Crippen LogP contribution in [0.25, 0.3) is 5.76 Å². The van der Waals surface area contributed by atoms with Gasteiger partial charge in [0.1, 0.15) is 11.6 Å². The molecule has 2 heterocycles. The SMILES string of the molecule is CCCOc1ccc(C2C(=C(O)c3ccc(F)cc3)C(=O)C(=O)N2CCCN2CCOCC2)cc1OCC. The van der Waals surface area contributed by atoms with Gasteiger partial charge in [-0.15, -0.1) is 0 Å². The fourth-order valence-electron chi connectivity index (χ4n) is 4.80. The van der Waals surface area contributed by atoms with E-state index < -0.39 is 23.5 Å². The van der Waals surface area contributed by atoms with Crippen molar-refractivity contribution < 1.29 is 33.3 Å². The molecule has 0 aromatic heterocycles. The van der Waals surface area contributed by atoms with Gasteiger partial charge in [0.05, 0.1) is 38.0 Å². The van der Waals surface area contributed by atoms with Crippen molar-refractivity contribution >= 4 is 17.4 Å². The number of rotatable bonds is 11. The van der Waals surface area contributed by atoms with E-state index >= 15 is 0 Å². The number of aliphatic hydroxyl groups is 1. The van der Waals surface area contributed by atoms with E-state index in [2.05, 4.69) is 4.90 Å². The summed E-state index contributed by atoms with van der Waals surface area (Å²) in [6.45, 7) is 8.87. The number of nitrogens with zero attached hydrogens (tertiary/aromatic N) is 2. The van der Waals surface area contributed by atoms with Crippen LogP contribution >= 0.6 is 0 Å². The van der Waals surface area contributed by atoms with Crippen molar-refractivity contribution in [3.8, 4) is 11.5 Å². The Kier molecular flexibility index (Phi) is 9.36. The molecule has 2 aliphatic heterocycles. The Bertz CT molecular complexity index is 1160. The highest BCUT2D eigenvalue weighted by molar-refractivity contribution is 6.46. The van der Waals surface area contributed by atoms with Crippen molar-refractivity contribution in [3.63, 3.8) is 0 Å². The second-order valence-corrected chi connectivity index (χ2v) is 9.29. The van der Waals surface area contributed by atoms with Crippen LogP contribution < -0.4 is 9.47 Å². The molecule has 4 rings (SSSR count). The Morgan fingerprint density at radius 1 is 1.03 bits per heavy atom. The van der Waals surface area contributed by atoms with Crippen molar-refractivity contribution in [2.45, 2.75) is 32.7 Å². The van der Waals surface area contributed by atoms with Crippen LogP contribution in [0.5, 0.6) is 11.5 Å². The first-order valence-corrected chi connectivity index (χ1v) is 13.2. The van der Waals surface area contributed by atoms with Crippen molar-refractivity contribution in [2.75, 3.05) is 52.6 Å². The van der Waals surface area contributed by atoms with Crippen LogP contribution in [0.1, 0.15) is 43.9 Å². The van der Waals surface area contributed by atoms with Gasteiger partial charge in [0, 0.05) is 31.7 Å². The minimum Gasteiger partial charge on any atom is -0.507 e. The molecule has 2 fully saturated rings. The lowest BCUT2D eigenvalue weighted by Gasteiger charge is -2.29. The molecule has 2 aliphatic rings. The third kappa shape index (κ3) is 6.16. The summed E-state index contributed by atoms with van der Waals surface area (Å²) in [6.07, 6.45) is 1.48. The number of hydrogen-bond acceptors (Lipinski definition) is 7. The average Bonchev–Trinajstić information content (AvgIpc) is 3.18. The van der Waals surface area contributed by atoms with Gasteiger partial charge >= 0.3 is 0 Å². The highest BCUT2D eigenvalue weighted by Gasteiger charge is 2.46. The Balaban J connectivity index is 1.72. The molecule has 8 nitrogen and oxygen atoms in total. The summed E-state index contributed by atoms with van der Waals surface area (Å²) in [6, 6.07) is 9.67. The predicted octanol–water partition coefficient (Wildman–Crippen LogP) is 4.16. The van der Waals surface area contributed by atoms with Crippen LogP contribution in [0.3, 0.4) is 0 Å². The van der Waals surface area contributed by atoms with Crippen LogP contribution in [0.4, 0.5) is 4.39 Å². The Hall–Kier alpha value is -3.43. The first-order valence-electron chi connectivity index (χ1n) is 13.2. The maximum Gasteiger partial charge on any atom is 0.295 e. The lowest BCUT2D eigenvalue weighted by Crippen LogP contribution is -2.39. The van der Waals surface area contributed by atoms with E-state index in [1.165, 1.54) is 29.2 Å². The topological polar surface area (TPSA) is 88.5 Å². The van der Waals surface area contributed by atoms with E-state index in [9.17, 15) is 19.1 Å². The average molecular weight is 527 g/mol. The van der Waals surface area contributed by atoms with Gasteiger partial charge in [-0.1, -0.05) is 13.0 Å². The van der Waals surface area contributed by atoms with E-state index in [-0.39, 0.29) is 16.9 Å². The van der Waals surface area contributed by atoms with E-state index in [0.29, 0.717) is 56.5 Å². The van der Waals surface area contributed by atoms with Crippen LogP contribution in [0.2, 0.25) is 0 Å². The molecule has 1 unspecified atom stereocenters. The number of halogens is 1. The molecule has 38 heavy (non-hydrogen) atoms. The minimum atomic E-state index is -0.829. The number of likely N-dealkylation sites (tertiary alicyclic amines) is 1. The van der Waals surface area contributed by atoms with Gasteiger partial charge in [0.25, 0.3) is 11.7 Å². The largest absolute Gasteiger partial charge is 0.507 e. The van der Waals surface area contributed by atoms with Crippen LogP contribution in [-0.4, -0.2) is 79.2 Å². The van der Waals surface area contributed by atoms with Crippen molar-refractivity contribution in [3.05, 3.63) is 65.0 Å². The van der Waals surface area contributed by atoms with Gasteiger partial charge in [-0.25, -0.2) is 4.39 Å². The Morgan fingerprint density at radius 2 is 1.76 bits per heavy atom. The first kappa shape index (κ1) is 27.6. The Morgan fingerprint density at radius 3 is 2.45 bits per heavy atom. The standard InChI is InChI=1S/C29H35FN2O6/c1-3-16-38-23-11-8-21(19-24(23)37-4-2)26-25(27(33)20-6-9-22(30)10-7-20)28(34)29(35)32(26)13-5-12-31-14-17-36-18-15-31/h6-11,19,26,33H,3-5,12-18H2,1-2H3. The number of amides is 1. The predicted molar refractivity (Wildman–Crippen MR) is 141 cm³/mol. The lowest BCUT2D eigenvalue weighted by molar-refractivity contribution is -0.140. The van der Waals surface area contributed by atoms with Crippen molar-refractivity contribution in [1.82, 2.24) is 9.80 Å². The molecule has 0 aliphatic carbocycles. The molecule has 0 spiro atoms. The molecular formula is C29H35FN2O6. The monoisotopic (exact) mass is 526 g/mol. The summed E-state index contributed by atoms with van der Waals surface area (Å²) in [5.41, 5.74) is 0.847. The number of carbonyl (C=O) groups excluding carboxylic acids is 2. The smallest absolute Gasteiger partial charge is 0.295 e. The van der Waals surface area contributed by atoms with Gasteiger partial charge in [-0.2, -0.15) is 0 Å². The summed E-state index contributed by atoms with van der Waals surface area (Å²) in [4.78, 5) is 30.3. The zero-order valence-corrected chi connectivity index (χ0v) is 22.0. The third-order valence-electron chi connectivity index (χ3n) is 6.68. The molecule has 0 saturated carbocycles. The van der Waals surface area contributed by atoms with E-state index in [1.54, 1.807) is 18.2 Å². The normalized spacial score (nSPS) is 19.7. The zero-order valence-electron chi connectivity index (χ0n) is 22.0. The summed E-state index contributed by atoms with van der Waals surface area (Å²) in [5, 5.41) is 11.2. The van der Waals surface area contributed by atoms with Crippen LogP contribution in [0, 0.1) is 5.82 Å². The summed E-state index contributed by atoms with van der Waals surface area (Å²) in [5.74, 6) is -1.18. The number of hydrogen-bond donors (Lipinski definition) is 1. The molecule has 0 radical (unpaired) electrons. The number of Topliss-reactive ketones (excluding diaryl/α,β-unsaturated/α-hetero) is 1. The van der Waals surface area contributed by atoms with Gasteiger partial charge in [-0.05, 0) is 61.7 Å². The quantitative estimate of drug-likeness (QED) is 0.267. The lowest BCUT2D eigenvalue weighted by atomic mass is 9.95. The zero-order chi connectivity index (χ0) is 27.1. The van der Waals surface area contributed by atoms with Crippen LogP contribution in [-0.2, 0) is 14.3 Å². The minimum absolute atomic E-state index is 0.0299. The number of benzene rings is 2. The van der Waals surface area contributed by atoms with Crippen molar-refractivity contribution in [2.24, 2.45) is 0 Å².